The van der Waals surface area contributed by atoms with Crippen LogP contribution in [0.2, 0.25) is 0 Å². The van der Waals surface area contributed by atoms with Gasteiger partial charge in [0.2, 0.25) is 0 Å². The van der Waals surface area contributed by atoms with Crippen molar-refractivity contribution in [3.63, 3.8) is 0 Å². The predicted octanol–water partition coefficient (Wildman–Crippen LogP) is 4.30. The van der Waals surface area contributed by atoms with Crippen molar-refractivity contribution in [2.24, 2.45) is 0 Å². The average Bonchev–Trinajstić information content (AvgIpc) is 2.55. The van der Waals surface area contributed by atoms with E-state index in [1.165, 1.54) is 4.90 Å². The topological polar surface area (TPSA) is 30.5 Å². The van der Waals surface area contributed by atoms with E-state index in [2.05, 4.69) is 29.6 Å². The van der Waals surface area contributed by atoms with Crippen molar-refractivity contribution in [2.45, 2.75) is 11.3 Å². The monoisotopic (exact) mass is 303 g/mol. The summed E-state index contributed by atoms with van der Waals surface area (Å²) in [6.07, 6.45) is 1.08. The Bertz CT molecular complexity index is 546. The van der Waals surface area contributed by atoms with Crippen molar-refractivity contribution in [1.82, 2.24) is 0 Å². The molecule has 0 radical (unpaired) electrons. The third kappa shape index (κ3) is 4.60. The Hall–Kier alpha value is -1.81. The Balaban J connectivity index is 1.78. The molecule has 2 aromatic rings. The second-order valence-corrected chi connectivity index (χ2v) is 5.65. The first-order chi connectivity index (χ1) is 10.3. The molecule has 2 aromatic carbocycles. The molecule has 0 aromatic heterocycles. The molecule has 112 valence electrons. The molecule has 3 nitrogen and oxygen atoms in total. The normalized spacial score (nSPS) is 10.2. The van der Waals surface area contributed by atoms with Gasteiger partial charge in [-0.05, 0) is 36.4 Å². The molecule has 0 spiro atoms. The largest absolute Gasteiger partial charge is 0.493 e. The molecule has 0 atom stereocenters. The number of anilines is 1. The van der Waals surface area contributed by atoms with Crippen molar-refractivity contribution in [1.29, 1.82) is 0 Å². The summed E-state index contributed by atoms with van der Waals surface area (Å²) >= 11 is 1.88. The molecule has 0 bridgehead atoms. The highest BCUT2D eigenvalue weighted by atomic mass is 32.2. The summed E-state index contributed by atoms with van der Waals surface area (Å²) in [6.45, 7) is 0.906. The summed E-state index contributed by atoms with van der Waals surface area (Å²) in [4.78, 5) is 1.32. The van der Waals surface area contributed by atoms with E-state index in [-0.39, 0.29) is 0 Å². The molecular weight excluding hydrogens is 282 g/mol. The highest BCUT2D eigenvalue weighted by Gasteiger charge is 2.08. The van der Waals surface area contributed by atoms with Crippen LogP contribution in [0.1, 0.15) is 6.42 Å². The molecule has 0 heterocycles. The number of hydrogen-bond acceptors (Lipinski definition) is 4. The van der Waals surface area contributed by atoms with Gasteiger partial charge in [-0.2, -0.15) is 0 Å². The summed E-state index contributed by atoms with van der Waals surface area (Å²) < 4.78 is 10.7. The lowest BCUT2D eigenvalue weighted by molar-refractivity contribution is 0.356. The Kier molecular flexibility index (Phi) is 6.28. The van der Waals surface area contributed by atoms with Crippen LogP contribution in [0, 0.1) is 0 Å². The van der Waals surface area contributed by atoms with Crippen LogP contribution in [0.5, 0.6) is 11.5 Å². The number of para-hydroxylation sites is 1. The molecule has 4 heteroatoms. The van der Waals surface area contributed by atoms with Crippen LogP contribution in [0.4, 0.5) is 5.69 Å². The standard InChI is InChI=1S/C17H21NO2S/c1-19-16-11-6-10-15(17(16)20-2)18-12-7-13-21-14-8-4-3-5-9-14/h3-6,8-11,18H,7,12-13H2,1-2H3. The lowest BCUT2D eigenvalue weighted by Crippen LogP contribution is -2.04. The van der Waals surface area contributed by atoms with E-state index in [0.717, 1.165) is 35.9 Å². The zero-order valence-electron chi connectivity index (χ0n) is 12.5. The molecule has 0 fully saturated rings. The SMILES string of the molecule is COc1cccc(NCCCSc2ccccc2)c1OC. The zero-order valence-corrected chi connectivity index (χ0v) is 13.3. The Morgan fingerprint density at radius 1 is 0.952 bits per heavy atom. The van der Waals surface area contributed by atoms with E-state index in [4.69, 9.17) is 9.47 Å². The summed E-state index contributed by atoms with van der Waals surface area (Å²) in [5.41, 5.74) is 0.974. The van der Waals surface area contributed by atoms with Gasteiger partial charge < -0.3 is 14.8 Å². The number of methoxy groups -OCH3 is 2. The lowest BCUT2D eigenvalue weighted by Gasteiger charge is -2.14. The van der Waals surface area contributed by atoms with E-state index >= 15 is 0 Å². The number of rotatable bonds is 8. The predicted molar refractivity (Wildman–Crippen MR) is 89.8 cm³/mol. The van der Waals surface area contributed by atoms with Crippen LogP contribution in [0.25, 0.3) is 0 Å². The second-order valence-electron chi connectivity index (χ2n) is 4.48. The third-order valence-electron chi connectivity index (χ3n) is 3.05. The summed E-state index contributed by atoms with van der Waals surface area (Å²) in [5, 5.41) is 3.41. The fourth-order valence-electron chi connectivity index (χ4n) is 2.03. The van der Waals surface area contributed by atoms with Gasteiger partial charge in [0, 0.05) is 11.4 Å². The van der Waals surface area contributed by atoms with Crippen molar-refractivity contribution in [3.05, 3.63) is 48.5 Å². The number of nitrogens with one attached hydrogen (secondary N) is 1. The van der Waals surface area contributed by atoms with Crippen LogP contribution in [0.15, 0.2) is 53.4 Å². The van der Waals surface area contributed by atoms with Crippen LogP contribution < -0.4 is 14.8 Å². The van der Waals surface area contributed by atoms with E-state index in [9.17, 15) is 0 Å². The minimum Gasteiger partial charge on any atom is -0.493 e. The van der Waals surface area contributed by atoms with Crippen molar-refractivity contribution < 1.29 is 9.47 Å². The van der Waals surface area contributed by atoms with Gasteiger partial charge >= 0.3 is 0 Å². The Morgan fingerprint density at radius 3 is 2.48 bits per heavy atom. The number of thioether (sulfide) groups is 1. The first-order valence-electron chi connectivity index (χ1n) is 6.98. The highest BCUT2D eigenvalue weighted by molar-refractivity contribution is 7.99. The molecule has 0 aliphatic carbocycles. The summed E-state index contributed by atoms with van der Waals surface area (Å²) in [5.74, 6) is 2.60. The third-order valence-corrected chi connectivity index (χ3v) is 4.15. The molecular formula is C17H21NO2S. The Labute approximate surface area is 130 Å². The molecule has 0 saturated heterocycles. The van der Waals surface area contributed by atoms with Gasteiger partial charge in [0.25, 0.3) is 0 Å². The molecule has 0 aliphatic rings. The minimum absolute atomic E-state index is 0.751. The maximum atomic E-state index is 5.40. The lowest BCUT2D eigenvalue weighted by atomic mass is 10.2. The maximum Gasteiger partial charge on any atom is 0.183 e. The molecule has 21 heavy (non-hydrogen) atoms. The van der Waals surface area contributed by atoms with Crippen molar-refractivity contribution >= 4 is 17.4 Å². The molecule has 0 saturated carbocycles. The highest BCUT2D eigenvalue weighted by Crippen LogP contribution is 2.34. The van der Waals surface area contributed by atoms with E-state index < -0.39 is 0 Å². The minimum atomic E-state index is 0.751. The fourth-order valence-corrected chi connectivity index (χ4v) is 2.90. The van der Waals surface area contributed by atoms with Gasteiger partial charge in [-0.3, -0.25) is 0 Å². The molecule has 2 rings (SSSR count). The molecule has 0 unspecified atom stereocenters. The van der Waals surface area contributed by atoms with E-state index in [1.54, 1.807) is 14.2 Å². The molecule has 0 amide bonds. The zero-order chi connectivity index (χ0) is 14.9. The quantitative estimate of drug-likeness (QED) is 0.582. The van der Waals surface area contributed by atoms with Gasteiger partial charge in [0.15, 0.2) is 11.5 Å². The van der Waals surface area contributed by atoms with Crippen molar-refractivity contribution in [2.75, 3.05) is 31.8 Å². The summed E-state index contributed by atoms with van der Waals surface area (Å²) in [6, 6.07) is 16.3. The van der Waals surface area contributed by atoms with Gasteiger partial charge in [-0.15, -0.1) is 11.8 Å². The smallest absolute Gasteiger partial charge is 0.183 e. The Morgan fingerprint density at radius 2 is 1.76 bits per heavy atom. The summed E-state index contributed by atoms with van der Waals surface area (Å²) in [7, 11) is 3.31. The van der Waals surface area contributed by atoms with Crippen LogP contribution >= 0.6 is 11.8 Å². The first kappa shape index (κ1) is 15.6. The molecule has 1 N–H and O–H groups in total. The average molecular weight is 303 g/mol. The van der Waals surface area contributed by atoms with Gasteiger partial charge in [-0.25, -0.2) is 0 Å². The van der Waals surface area contributed by atoms with Crippen LogP contribution in [-0.2, 0) is 0 Å². The van der Waals surface area contributed by atoms with E-state index in [0.29, 0.717) is 0 Å². The van der Waals surface area contributed by atoms with Crippen LogP contribution in [-0.4, -0.2) is 26.5 Å². The van der Waals surface area contributed by atoms with Gasteiger partial charge in [0.1, 0.15) is 0 Å². The maximum absolute atomic E-state index is 5.40. The second kappa shape index (κ2) is 8.47. The molecule has 0 aliphatic heterocycles. The van der Waals surface area contributed by atoms with Crippen LogP contribution in [0.3, 0.4) is 0 Å². The van der Waals surface area contributed by atoms with Gasteiger partial charge in [0.05, 0.1) is 19.9 Å². The van der Waals surface area contributed by atoms with Crippen molar-refractivity contribution in [3.8, 4) is 11.5 Å². The fraction of sp³-hybridized carbons (Fsp3) is 0.294. The number of benzene rings is 2. The van der Waals surface area contributed by atoms with E-state index in [1.807, 2.05) is 36.0 Å². The number of ether oxygens (including phenoxy) is 2. The first-order valence-corrected chi connectivity index (χ1v) is 7.96. The number of hydrogen-bond donors (Lipinski definition) is 1. The van der Waals surface area contributed by atoms with Gasteiger partial charge in [-0.1, -0.05) is 24.3 Å².